The molecule has 0 radical (unpaired) electrons. The normalized spacial score (nSPS) is 5.25. The number of hydrogen-bond donors (Lipinski definition) is 1. The van der Waals surface area contributed by atoms with Crippen molar-refractivity contribution in [3.05, 3.63) is 0 Å². The molecule has 0 rings (SSSR count). The summed E-state index contributed by atoms with van der Waals surface area (Å²) in [5.74, 6) is 0. The van der Waals surface area contributed by atoms with Crippen LogP contribution >= 0.6 is 0 Å². The molecular weight excluding hydrogens is 140 g/mol. The summed E-state index contributed by atoms with van der Waals surface area (Å²) in [4.78, 5) is 8.33. The maximum Gasteiger partial charge on any atom is 2.00 e. The van der Waals surface area contributed by atoms with E-state index < -0.39 is 6.16 Å². The van der Waals surface area contributed by atoms with Gasteiger partial charge in [0.05, 0.1) is 0 Å². The van der Waals surface area contributed by atoms with Crippen molar-refractivity contribution in [1.29, 1.82) is 0 Å². The van der Waals surface area contributed by atoms with E-state index >= 15 is 0 Å². The second-order valence-electron chi connectivity index (χ2n) is 0.566. The predicted molar refractivity (Wildman–Crippen MR) is 23.9 cm³/mol. The third-order valence-corrected chi connectivity index (χ3v) is 0. The molecule has 5 heteroatoms. The molecule has 0 saturated heterocycles. The maximum atomic E-state index is 8.33. The summed E-state index contributed by atoms with van der Waals surface area (Å²) in [7, 11) is 0. The average molecular weight is 146 g/mol. The van der Waals surface area contributed by atoms with Crippen LogP contribution in [0.25, 0.3) is 0 Å². The third-order valence-electron chi connectivity index (χ3n) is 0. The number of rotatable bonds is 0. The zero-order chi connectivity index (χ0) is 6.28. The summed E-state index contributed by atoms with van der Waals surface area (Å²) in [5, 5.41) is 24.2. The van der Waals surface area contributed by atoms with Gasteiger partial charge >= 0.3 is 37.7 Å². The van der Waals surface area contributed by atoms with Crippen LogP contribution < -0.4 is 10.2 Å². The Labute approximate surface area is 77.1 Å². The summed E-state index contributed by atoms with van der Waals surface area (Å²) in [6.45, 7) is 1.93. The van der Waals surface area contributed by atoms with Crippen molar-refractivity contribution in [1.82, 2.24) is 0 Å². The maximum absolute atomic E-state index is 8.33. The van der Waals surface area contributed by atoms with E-state index in [1.54, 1.807) is 6.92 Å². The molecule has 1 N–H and O–H groups in total. The Hall–Kier alpha value is 0.490. The minimum atomic E-state index is -2.33. The van der Waals surface area contributed by atoms with Gasteiger partial charge in [0.15, 0.2) is 0 Å². The smallest absolute Gasteiger partial charge is 0.652 e. The van der Waals surface area contributed by atoms with Gasteiger partial charge in [-0.2, -0.15) is 0 Å². The number of carboxylic acid groups (broad SMARTS) is 2. The van der Waals surface area contributed by atoms with Crippen LogP contribution in [0.1, 0.15) is 6.92 Å². The first-order valence-corrected chi connectivity index (χ1v) is 1.64. The van der Waals surface area contributed by atoms with Crippen molar-refractivity contribution in [2.45, 2.75) is 6.92 Å². The molecule has 0 fully saturated rings. The van der Waals surface area contributed by atoms with Gasteiger partial charge in [-0.25, -0.2) is 0 Å². The Morgan fingerprint density at radius 2 is 1.62 bits per heavy atom. The minimum absolute atomic E-state index is 0. The number of carbonyl (C=O) groups excluding carboxylic acids is 1. The van der Waals surface area contributed by atoms with Crippen LogP contribution in [-0.4, -0.2) is 55.6 Å². The minimum Gasteiger partial charge on any atom is -0.652 e. The van der Waals surface area contributed by atoms with E-state index in [2.05, 4.69) is 0 Å². The van der Waals surface area contributed by atoms with Crippen molar-refractivity contribution < 1.29 is 20.1 Å². The fourth-order valence-electron chi connectivity index (χ4n) is 0. The molecule has 0 aliphatic heterocycles. The Morgan fingerprint density at radius 3 is 1.62 bits per heavy atom. The summed E-state index contributed by atoms with van der Waals surface area (Å²) in [5.41, 5.74) is 0. The van der Waals surface area contributed by atoms with E-state index in [0.717, 1.165) is 0 Å². The number of aliphatic hydroxyl groups is 1. The quantitative estimate of drug-likeness (QED) is 0.373. The van der Waals surface area contributed by atoms with Crippen LogP contribution in [0.3, 0.4) is 0 Å². The first-order chi connectivity index (χ1) is 3.15. The van der Waals surface area contributed by atoms with E-state index in [9.17, 15) is 0 Å². The second-order valence-corrected chi connectivity index (χ2v) is 0.566. The Balaban J connectivity index is -0.0000000575. The fraction of sp³-hybridized carbons (Fsp3) is 0.667. The van der Waals surface area contributed by atoms with Crippen LogP contribution in [0, 0.1) is 0 Å². The van der Waals surface area contributed by atoms with Crippen molar-refractivity contribution >= 4 is 43.9 Å². The van der Waals surface area contributed by atoms with Gasteiger partial charge < -0.3 is 20.1 Å². The molecule has 44 valence electrons. The zero-order valence-electron chi connectivity index (χ0n) is 4.59. The zero-order valence-corrected chi connectivity index (χ0v) is 6.79. The van der Waals surface area contributed by atoms with Crippen molar-refractivity contribution in [3.8, 4) is 0 Å². The molecule has 0 bridgehead atoms. The summed E-state index contributed by atoms with van der Waals surface area (Å²) in [6.07, 6.45) is -2.33. The van der Waals surface area contributed by atoms with Crippen molar-refractivity contribution in [3.63, 3.8) is 0 Å². The van der Waals surface area contributed by atoms with Gasteiger partial charge in [-0.05, 0) is 13.1 Å². The Morgan fingerprint density at radius 1 is 1.62 bits per heavy atom. The largest absolute Gasteiger partial charge is 2.00 e. The van der Waals surface area contributed by atoms with Crippen molar-refractivity contribution in [2.24, 2.45) is 0 Å². The van der Waals surface area contributed by atoms with Crippen LogP contribution in [0.4, 0.5) is 4.79 Å². The molecule has 0 spiro atoms. The van der Waals surface area contributed by atoms with Gasteiger partial charge in [-0.1, -0.05) is 0 Å². The molecule has 8 heavy (non-hydrogen) atoms. The van der Waals surface area contributed by atoms with Gasteiger partial charge in [0.1, 0.15) is 0 Å². The van der Waals surface area contributed by atoms with Gasteiger partial charge in [0, 0.05) is 6.61 Å². The fourth-order valence-corrected chi connectivity index (χ4v) is 0. The van der Waals surface area contributed by atoms with Gasteiger partial charge in [-0.3, -0.25) is 0 Å². The van der Waals surface area contributed by atoms with Gasteiger partial charge in [0.25, 0.3) is 0 Å². The molecule has 0 aliphatic rings. The molecule has 0 aliphatic carbocycles. The van der Waals surface area contributed by atoms with Gasteiger partial charge in [-0.15, -0.1) is 0 Å². The van der Waals surface area contributed by atoms with E-state index in [1.807, 2.05) is 0 Å². The SMILES string of the molecule is CCO.O=C([O-])[O-].[Ca+2]. The third kappa shape index (κ3) is 815. The first kappa shape index (κ1) is 15.8. The molecule has 4 nitrogen and oxygen atoms in total. The summed E-state index contributed by atoms with van der Waals surface area (Å²) >= 11 is 0. The first-order valence-electron chi connectivity index (χ1n) is 1.64. The Bertz CT molecular complexity index is 42.5. The van der Waals surface area contributed by atoms with E-state index in [4.69, 9.17) is 20.1 Å². The predicted octanol–water partition coefficient (Wildman–Crippen LogP) is -2.83. The molecule has 0 amide bonds. The monoisotopic (exact) mass is 146 g/mol. The van der Waals surface area contributed by atoms with Crippen LogP contribution in [0.15, 0.2) is 0 Å². The molecule has 0 unspecified atom stereocenters. The van der Waals surface area contributed by atoms with E-state index in [-0.39, 0.29) is 44.3 Å². The number of carbonyl (C=O) groups is 1. The molecule has 0 saturated carbocycles. The van der Waals surface area contributed by atoms with E-state index in [1.165, 1.54) is 0 Å². The molecule has 0 aromatic heterocycles. The standard InChI is InChI=1S/C2H6O.CH2O3.Ca/c1-2-3;2-1(3)4;/h3H,2H2,1H3;(H2,2,3,4);/q;;+2/p-2. The molecule has 0 aromatic rings. The Kier molecular flexibility index (Phi) is 30.9. The van der Waals surface area contributed by atoms with Crippen LogP contribution in [0.5, 0.6) is 0 Å². The topological polar surface area (TPSA) is 83.4 Å². The van der Waals surface area contributed by atoms with Crippen molar-refractivity contribution in [2.75, 3.05) is 6.61 Å². The average Bonchev–Trinajstić information content (AvgIpc) is 1.33. The summed E-state index contributed by atoms with van der Waals surface area (Å²) < 4.78 is 0. The van der Waals surface area contributed by atoms with Gasteiger partial charge in [0.2, 0.25) is 0 Å². The van der Waals surface area contributed by atoms with E-state index in [0.29, 0.717) is 0 Å². The number of aliphatic hydroxyl groups excluding tert-OH is 1. The summed E-state index contributed by atoms with van der Waals surface area (Å²) in [6, 6.07) is 0. The number of hydrogen-bond acceptors (Lipinski definition) is 4. The second kappa shape index (κ2) is 15.6. The van der Waals surface area contributed by atoms with Crippen LogP contribution in [0.2, 0.25) is 0 Å². The molecule has 0 aromatic carbocycles. The molecule has 0 heterocycles. The van der Waals surface area contributed by atoms with Crippen LogP contribution in [-0.2, 0) is 0 Å². The molecule has 0 atom stereocenters. The molecular formula is C3H6CaO4.